The van der Waals surface area contributed by atoms with Crippen LogP contribution in [0.3, 0.4) is 0 Å². The Kier molecular flexibility index (Phi) is 4.73. The van der Waals surface area contributed by atoms with Gasteiger partial charge in [0.25, 0.3) is 0 Å². The van der Waals surface area contributed by atoms with Crippen LogP contribution in [-0.2, 0) is 10.5 Å². The van der Waals surface area contributed by atoms with E-state index in [1.807, 2.05) is 42.7 Å². The number of aromatic nitrogens is 3. The van der Waals surface area contributed by atoms with E-state index in [-0.39, 0.29) is 5.97 Å². The molecule has 0 atom stereocenters. The molecule has 0 aliphatic heterocycles. The number of imidazole rings is 1. The van der Waals surface area contributed by atoms with E-state index in [0.717, 1.165) is 32.7 Å². The second kappa shape index (κ2) is 7.31. The van der Waals surface area contributed by atoms with E-state index in [0.29, 0.717) is 5.56 Å². The molecule has 3 heterocycles. The van der Waals surface area contributed by atoms with E-state index in [1.165, 1.54) is 7.11 Å². The molecule has 0 bridgehead atoms. The Labute approximate surface area is 158 Å². The number of carbonyl (C=O) groups excluding carboxylic acids is 1. The standard InChI is InChI=1S/C19H15N3O2S2/c1-24-18(23)14-7-5-13(6-8-14)17-21-15(11-25-17)12-26-19-20-10-16-4-2-3-9-22(16)19/h2-11H,12H2,1H3. The first-order chi connectivity index (χ1) is 12.7. The fourth-order valence-electron chi connectivity index (χ4n) is 2.54. The number of methoxy groups -OCH3 is 1. The number of hydrogen-bond donors (Lipinski definition) is 0. The number of hydrogen-bond acceptors (Lipinski definition) is 6. The number of ether oxygens (including phenoxy) is 1. The summed E-state index contributed by atoms with van der Waals surface area (Å²) in [6, 6.07) is 13.3. The molecule has 0 unspecified atom stereocenters. The number of pyridine rings is 1. The van der Waals surface area contributed by atoms with Crippen LogP contribution in [0.1, 0.15) is 16.1 Å². The lowest BCUT2D eigenvalue weighted by atomic mass is 10.1. The average molecular weight is 381 g/mol. The predicted octanol–water partition coefficient (Wildman–Crippen LogP) is 4.54. The summed E-state index contributed by atoms with van der Waals surface area (Å²) >= 11 is 3.26. The second-order valence-electron chi connectivity index (χ2n) is 5.54. The van der Waals surface area contributed by atoms with Crippen LogP contribution in [-0.4, -0.2) is 27.4 Å². The van der Waals surface area contributed by atoms with E-state index < -0.39 is 0 Å². The van der Waals surface area contributed by atoms with Crippen LogP contribution in [0.2, 0.25) is 0 Å². The largest absolute Gasteiger partial charge is 0.465 e. The first kappa shape index (κ1) is 16.8. The Bertz CT molecular complexity index is 1050. The van der Waals surface area contributed by atoms with Crippen molar-refractivity contribution in [2.45, 2.75) is 10.9 Å². The molecule has 0 N–H and O–H groups in total. The zero-order valence-corrected chi connectivity index (χ0v) is 15.6. The van der Waals surface area contributed by atoms with Gasteiger partial charge < -0.3 is 4.74 Å². The van der Waals surface area contributed by atoms with Crippen LogP contribution in [0, 0.1) is 0 Å². The van der Waals surface area contributed by atoms with Crippen LogP contribution in [0.25, 0.3) is 16.1 Å². The van der Waals surface area contributed by atoms with Crippen LogP contribution >= 0.6 is 23.1 Å². The molecular weight excluding hydrogens is 366 g/mol. The van der Waals surface area contributed by atoms with Crippen molar-refractivity contribution < 1.29 is 9.53 Å². The minimum absolute atomic E-state index is 0.334. The Morgan fingerprint density at radius 1 is 1.23 bits per heavy atom. The van der Waals surface area contributed by atoms with E-state index >= 15 is 0 Å². The van der Waals surface area contributed by atoms with Gasteiger partial charge in [0.15, 0.2) is 5.16 Å². The van der Waals surface area contributed by atoms with Gasteiger partial charge in [-0.15, -0.1) is 11.3 Å². The lowest BCUT2D eigenvalue weighted by Crippen LogP contribution is -2.00. The van der Waals surface area contributed by atoms with Crippen molar-refractivity contribution >= 4 is 34.6 Å². The van der Waals surface area contributed by atoms with Gasteiger partial charge in [0.1, 0.15) is 5.01 Å². The molecule has 0 saturated carbocycles. The summed E-state index contributed by atoms with van der Waals surface area (Å²) in [7, 11) is 1.38. The number of thiazole rings is 1. The molecule has 0 aliphatic rings. The third-order valence-corrected chi connectivity index (χ3v) is 5.80. The summed E-state index contributed by atoms with van der Waals surface area (Å²) in [5.74, 6) is 0.421. The molecule has 0 aliphatic carbocycles. The monoisotopic (exact) mass is 381 g/mol. The third-order valence-electron chi connectivity index (χ3n) is 3.86. The van der Waals surface area contributed by atoms with Gasteiger partial charge in [-0.25, -0.2) is 14.8 Å². The zero-order chi connectivity index (χ0) is 17.9. The van der Waals surface area contributed by atoms with Crippen LogP contribution < -0.4 is 0 Å². The van der Waals surface area contributed by atoms with Gasteiger partial charge >= 0.3 is 5.97 Å². The van der Waals surface area contributed by atoms with Gasteiger partial charge in [0.2, 0.25) is 0 Å². The minimum Gasteiger partial charge on any atom is -0.465 e. The Hall–Kier alpha value is -2.64. The SMILES string of the molecule is COC(=O)c1ccc(-c2nc(CSc3ncc4ccccn34)cs2)cc1. The van der Waals surface area contributed by atoms with Gasteiger partial charge in [0.05, 0.1) is 30.1 Å². The minimum atomic E-state index is -0.334. The second-order valence-corrected chi connectivity index (χ2v) is 7.34. The molecule has 130 valence electrons. The fraction of sp³-hybridized carbons (Fsp3) is 0.105. The molecule has 0 spiro atoms. The maximum absolute atomic E-state index is 11.5. The first-order valence-electron chi connectivity index (χ1n) is 7.92. The van der Waals surface area contributed by atoms with Crippen LogP contribution in [0.4, 0.5) is 0 Å². The topological polar surface area (TPSA) is 56.5 Å². The predicted molar refractivity (Wildman–Crippen MR) is 104 cm³/mol. The molecule has 26 heavy (non-hydrogen) atoms. The Morgan fingerprint density at radius 2 is 2.08 bits per heavy atom. The number of benzene rings is 1. The van der Waals surface area contributed by atoms with Gasteiger partial charge in [-0.2, -0.15) is 0 Å². The molecular formula is C19H15N3O2S2. The molecule has 4 rings (SSSR count). The maximum atomic E-state index is 11.5. The number of nitrogens with zero attached hydrogens (tertiary/aromatic N) is 3. The molecule has 0 radical (unpaired) electrons. The quantitative estimate of drug-likeness (QED) is 0.375. The average Bonchev–Trinajstić information content (AvgIpc) is 3.33. The highest BCUT2D eigenvalue weighted by molar-refractivity contribution is 7.98. The van der Waals surface area contributed by atoms with E-state index in [2.05, 4.69) is 14.8 Å². The van der Waals surface area contributed by atoms with Gasteiger partial charge in [-0.3, -0.25) is 4.40 Å². The number of carbonyl (C=O) groups is 1. The van der Waals surface area contributed by atoms with Crippen molar-refractivity contribution in [1.29, 1.82) is 0 Å². The number of esters is 1. The smallest absolute Gasteiger partial charge is 0.337 e. The summed E-state index contributed by atoms with van der Waals surface area (Å²) < 4.78 is 6.79. The van der Waals surface area contributed by atoms with Gasteiger partial charge in [-0.1, -0.05) is 30.0 Å². The summed E-state index contributed by atoms with van der Waals surface area (Å²) in [5, 5.41) is 3.95. The molecule has 0 saturated heterocycles. The van der Waals surface area contributed by atoms with Crippen molar-refractivity contribution in [1.82, 2.24) is 14.4 Å². The highest BCUT2D eigenvalue weighted by Gasteiger charge is 2.10. The fourth-order valence-corrected chi connectivity index (χ4v) is 4.33. The molecule has 7 heteroatoms. The zero-order valence-electron chi connectivity index (χ0n) is 14.0. The van der Waals surface area contributed by atoms with Crippen molar-refractivity contribution in [3.8, 4) is 10.6 Å². The molecule has 0 amide bonds. The van der Waals surface area contributed by atoms with Crippen molar-refractivity contribution in [3.05, 3.63) is 71.5 Å². The molecule has 5 nitrogen and oxygen atoms in total. The van der Waals surface area contributed by atoms with E-state index in [9.17, 15) is 4.79 Å². The normalized spacial score (nSPS) is 11.0. The highest BCUT2D eigenvalue weighted by Crippen LogP contribution is 2.28. The molecule has 3 aromatic heterocycles. The molecule has 1 aromatic carbocycles. The summed E-state index contributed by atoms with van der Waals surface area (Å²) in [6.07, 6.45) is 3.89. The van der Waals surface area contributed by atoms with Crippen molar-refractivity contribution in [2.75, 3.05) is 7.11 Å². The highest BCUT2D eigenvalue weighted by atomic mass is 32.2. The van der Waals surface area contributed by atoms with Crippen molar-refractivity contribution in [2.24, 2.45) is 0 Å². The number of thioether (sulfide) groups is 1. The van der Waals surface area contributed by atoms with Crippen LogP contribution in [0.15, 0.2) is 65.4 Å². The lowest BCUT2D eigenvalue weighted by Gasteiger charge is -2.01. The van der Waals surface area contributed by atoms with Crippen molar-refractivity contribution in [3.63, 3.8) is 0 Å². The summed E-state index contributed by atoms with van der Waals surface area (Å²) in [5.41, 5.74) is 3.62. The lowest BCUT2D eigenvalue weighted by molar-refractivity contribution is 0.0601. The van der Waals surface area contributed by atoms with E-state index in [1.54, 1.807) is 35.2 Å². The number of rotatable bonds is 5. The van der Waals surface area contributed by atoms with E-state index in [4.69, 9.17) is 9.72 Å². The summed E-state index contributed by atoms with van der Waals surface area (Å²) in [6.45, 7) is 0. The van der Waals surface area contributed by atoms with Gasteiger partial charge in [0, 0.05) is 22.9 Å². The van der Waals surface area contributed by atoms with Gasteiger partial charge in [-0.05, 0) is 24.3 Å². The Morgan fingerprint density at radius 3 is 2.88 bits per heavy atom. The molecule has 0 fully saturated rings. The number of fused-ring (bicyclic) bond motifs is 1. The summed E-state index contributed by atoms with van der Waals surface area (Å²) in [4.78, 5) is 20.7. The van der Waals surface area contributed by atoms with Crippen LogP contribution in [0.5, 0.6) is 0 Å². The molecule has 4 aromatic rings. The Balaban J connectivity index is 1.47. The first-order valence-corrected chi connectivity index (χ1v) is 9.79. The third kappa shape index (κ3) is 3.36. The maximum Gasteiger partial charge on any atom is 0.337 e.